The largest absolute Gasteiger partial charge is 0.459 e. The molecular weight excluding hydrogens is 292 g/mol. The summed E-state index contributed by atoms with van der Waals surface area (Å²) in [5.41, 5.74) is 1.52. The second-order valence-corrected chi connectivity index (χ2v) is 6.30. The van der Waals surface area contributed by atoms with Crippen LogP contribution in [-0.2, 0) is 10.0 Å². The standard InChI is InChI=1S/C14H16N2O4S/c1-9-7-8-20-13(9)14(17)16-10(2)11-3-5-12(6-4-11)21(15,18)19/h3-8,10H,1-2H3,(H,16,17)(H2,15,18,19)/t10-/m1/s1. The van der Waals surface area contributed by atoms with Crippen molar-refractivity contribution < 1.29 is 17.6 Å². The summed E-state index contributed by atoms with van der Waals surface area (Å²) in [6, 6.07) is 7.45. The Morgan fingerprint density at radius 1 is 1.24 bits per heavy atom. The molecule has 1 aromatic carbocycles. The van der Waals surface area contributed by atoms with Crippen LogP contribution in [0.3, 0.4) is 0 Å². The summed E-state index contributed by atoms with van der Waals surface area (Å²) in [6.07, 6.45) is 1.45. The highest BCUT2D eigenvalue weighted by Gasteiger charge is 2.16. The number of carbonyl (C=O) groups excluding carboxylic acids is 1. The van der Waals surface area contributed by atoms with Crippen molar-refractivity contribution in [3.63, 3.8) is 0 Å². The summed E-state index contributed by atoms with van der Waals surface area (Å²) in [5, 5.41) is 7.82. The van der Waals surface area contributed by atoms with Crippen molar-refractivity contribution in [1.29, 1.82) is 0 Å². The van der Waals surface area contributed by atoms with Gasteiger partial charge in [-0.05, 0) is 37.6 Å². The Morgan fingerprint density at radius 3 is 2.33 bits per heavy atom. The van der Waals surface area contributed by atoms with Gasteiger partial charge in [0, 0.05) is 5.56 Å². The molecule has 1 amide bonds. The maximum atomic E-state index is 12.0. The van der Waals surface area contributed by atoms with E-state index in [1.54, 1.807) is 32.0 Å². The third kappa shape index (κ3) is 3.50. The SMILES string of the molecule is Cc1ccoc1C(=O)N[C@H](C)c1ccc(S(N)(=O)=O)cc1. The Bertz CT molecular complexity index is 748. The van der Waals surface area contributed by atoms with E-state index >= 15 is 0 Å². The fraction of sp³-hybridized carbons (Fsp3) is 0.214. The van der Waals surface area contributed by atoms with E-state index in [9.17, 15) is 13.2 Å². The number of aryl methyl sites for hydroxylation is 1. The quantitative estimate of drug-likeness (QED) is 0.897. The van der Waals surface area contributed by atoms with Crippen molar-refractivity contribution in [2.24, 2.45) is 5.14 Å². The minimum atomic E-state index is -3.71. The summed E-state index contributed by atoms with van der Waals surface area (Å²) in [7, 11) is -3.71. The van der Waals surface area contributed by atoms with Crippen molar-refractivity contribution in [2.75, 3.05) is 0 Å². The van der Waals surface area contributed by atoms with Gasteiger partial charge in [0.1, 0.15) is 0 Å². The van der Waals surface area contributed by atoms with Crippen molar-refractivity contribution in [3.8, 4) is 0 Å². The number of rotatable bonds is 4. The summed E-state index contributed by atoms with van der Waals surface area (Å²) in [5.74, 6) is -0.0523. The van der Waals surface area contributed by atoms with Crippen LogP contribution in [0.15, 0.2) is 45.9 Å². The first-order chi connectivity index (χ1) is 9.79. The van der Waals surface area contributed by atoms with Crippen LogP contribution in [0, 0.1) is 6.92 Å². The van der Waals surface area contributed by atoms with E-state index in [2.05, 4.69) is 5.32 Å². The second kappa shape index (κ2) is 5.71. The lowest BCUT2D eigenvalue weighted by Crippen LogP contribution is -2.26. The van der Waals surface area contributed by atoms with Gasteiger partial charge in [0.15, 0.2) is 5.76 Å². The Hall–Kier alpha value is -2.12. The van der Waals surface area contributed by atoms with E-state index in [4.69, 9.17) is 9.56 Å². The van der Waals surface area contributed by atoms with E-state index < -0.39 is 10.0 Å². The molecule has 3 N–H and O–H groups in total. The Balaban J connectivity index is 2.12. The van der Waals surface area contributed by atoms with Crippen molar-refractivity contribution in [1.82, 2.24) is 5.32 Å². The minimum Gasteiger partial charge on any atom is -0.459 e. The van der Waals surface area contributed by atoms with Crippen LogP contribution in [-0.4, -0.2) is 14.3 Å². The second-order valence-electron chi connectivity index (χ2n) is 4.74. The maximum Gasteiger partial charge on any atom is 0.287 e. The number of hydrogen-bond donors (Lipinski definition) is 2. The monoisotopic (exact) mass is 308 g/mol. The molecule has 21 heavy (non-hydrogen) atoms. The number of furan rings is 1. The number of sulfonamides is 1. The Morgan fingerprint density at radius 2 is 1.86 bits per heavy atom. The molecule has 0 aliphatic rings. The van der Waals surface area contributed by atoms with E-state index in [0.717, 1.165) is 11.1 Å². The molecule has 2 aromatic rings. The topological polar surface area (TPSA) is 102 Å². The molecule has 0 fully saturated rings. The van der Waals surface area contributed by atoms with E-state index in [-0.39, 0.29) is 22.6 Å². The smallest absolute Gasteiger partial charge is 0.287 e. The molecule has 0 spiro atoms. The number of benzene rings is 1. The summed E-state index contributed by atoms with van der Waals surface area (Å²) >= 11 is 0. The van der Waals surface area contributed by atoms with Crippen molar-refractivity contribution >= 4 is 15.9 Å². The van der Waals surface area contributed by atoms with Gasteiger partial charge < -0.3 is 9.73 Å². The molecule has 0 saturated carbocycles. The molecule has 0 bridgehead atoms. The molecular formula is C14H16N2O4S. The fourth-order valence-corrected chi connectivity index (χ4v) is 2.41. The minimum absolute atomic E-state index is 0.0339. The predicted molar refractivity (Wildman–Crippen MR) is 77.1 cm³/mol. The van der Waals surface area contributed by atoms with Gasteiger partial charge in [-0.2, -0.15) is 0 Å². The Kier molecular flexibility index (Phi) is 4.15. The van der Waals surface area contributed by atoms with Gasteiger partial charge in [0.25, 0.3) is 5.91 Å². The van der Waals surface area contributed by atoms with E-state index in [1.807, 2.05) is 0 Å². The number of amides is 1. The lowest BCUT2D eigenvalue weighted by molar-refractivity contribution is 0.0911. The van der Waals surface area contributed by atoms with Crippen LogP contribution in [0.1, 0.15) is 34.6 Å². The molecule has 0 radical (unpaired) electrons. The molecule has 0 saturated heterocycles. The lowest BCUT2D eigenvalue weighted by atomic mass is 10.1. The van der Waals surface area contributed by atoms with Crippen LogP contribution in [0.4, 0.5) is 0 Å². The summed E-state index contributed by atoms with van der Waals surface area (Å²) in [4.78, 5) is 12.0. The lowest BCUT2D eigenvalue weighted by Gasteiger charge is -2.14. The van der Waals surface area contributed by atoms with Crippen LogP contribution < -0.4 is 10.5 Å². The molecule has 0 aliphatic carbocycles. The van der Waals surface area contributed by atoms with Gasteiger partial charge in [0.05, 0.1) is 17.2 Å². The van der Waals surface area contributed by atoms with Gasteiger partial charge in [-0.1, -0.05) is 12.1 Å². The predicted octanol–water partition coefficient (Wildman–Crippen LogP) is 1.73. The number of carbonyl (C=O) groups is 1. The average Bonchev–Trinajstić information content (AvgIpc) is 2.84. The molecule has 6 nitrogen and oxygen atoms in total. The first kappa shape index (κ1) is 15.3. The van der Waals surface area contributed by atoms with Crippen LogP contribution in [0.2, 0.25) is 0 Å². The van der Waals surface area contributed by atoms with Crippen LogP contribution >= 0.6 is 0 Å². The highest BCUT2D eigenvalue weighted by Crippen LogP contribution is 2.17. The average molecular weight is 308 g/mol. The van der Waals surface area contributed by atoms with E-state index in [1.165, 1.54) is 18.4 Å². The Labute approximate surface area is 123 Å². The molecule has 0 unspecified atom stereocenters. The maximum absolute atomic E-state index is 12.0. The third-order valence-electron chi connectivity index (χ3n) is 3.12. The molecule has 0 aliphatic heterocycles. The van der Waals surface area contributed by atoms with E-state index in [0.29, 0.717) is 0 Å². The molecule has 1 heterocycles. The molecule has 1 atom stereocenters. The van der Waals surface area contributed by atoms with Crippen LogP contribution in [0.5, 0.6) is 0 Å². The number of nitrogens with two attached hydrogens (primary N) is 1. The molecule has 1 aromatic heterocycles. The van der Waals surface area contributed by atoms with Gasteiger partial charge in [-0.15, -0.1) is 0 Å². The zero-order chi connectivity index (χ0) is 15.6. The number of nitrogens with one attached hydrogen (secondary N) is 1. The van der Waals surface area contributed by atoms with Crippen LogP contribution in [0.25, 0.3) is 0 Å². The summed E-state index contributed by atoms with van der Waals surface area (Å²) in [6.45, 7) is 3.58. The van der Waals surface area contributed by atoms with Gasteiger partial charge >= 0.3 is 0 Å². The first-order valence-electron chi connectivity index (χ1n) is 6.27. The number of primary sulfonamides is 1. The highest BCUT2D eigenvalue weighted by molar-refractivity contribution is 7.89. The van der Waals surface area contributed by atoms with Gasteiger partial charge in [0.2, 0.25) is 10.0 Å². The van der Waals surface area contributed by atoms with Crippen molar-refractivity contribution in [2.45, 2.75) is 24.8 Å². The van der Waals surface area contributed by atoms with Gasteiger partial charge in [-0.25, -0.2) is 13.6 Å². The first-order valence-corrected chi connectivity index (χ1v) is 7.81. The molecule has 112 valence electrons. The van der Waals surface area contributed by atoms with Crippen molar-refractivity contribution in [3.05, 3.63) is 53.5 Å². The van der Waals surface area contributed by atoms with Gasteiger partial charge in [-0.3, -0.25) is 4.79 Å². The molecule has 2 rings (SSSR count). The zero-order valence-electron chi connectivity index (χ0n) is 11.7. The molecule has 7 heteroatoms. The summed E-state index contributed by atoms with van der Waals surface area (Å²) < 4.78 is 27.5. The number of hydrogen-bond acceptors (Lipinski definition) is 4. The zero-order valence-corrected chi connectivity index (χ0v) is 12.5. The highest BCUT2D eigenvalue weighted by atomic mass is 32.2. The normalized spacial score (nSPS) is 12.9. The fourth-order valence-electron chi connectivity index (χ4n) is 1.90. The third-order valence-corrected chi connectivity index (χ3v) is 4.05.